The van der Waals surface area contributed by atoms with E-state index in [-0.39, 0.29) is 5.75 Å². The third kappa shape index (κ3) is 2.65. The van der Waals surface area contributed by atoms with Gasteiger partial charge in [0.05, 0.1) is 11.3 Å². The van der Waals surface area contributed by atoms with Crippen LogP contribution in [0.25, 0.3) is 0 Å². The Hall–Kier alpha value is -0.820. The first-order valence-corrected chi connectivity index (χ1v) is 6.17. The van der Waals surface area contributed by atoms with Gasteiger partial charge in [0.15, 0.2) is 9.84 Å². The van der Waals surface area contributed by atoms with Crippen molar-refractivity contribution in [3.05, 3.63) is 23.0 Å². The lowest BCUT2D eigenvalue weighted by Crippen LogP contribution is -2.10. The molecule has 0 spiro atoms. The molecule has 1 heterocycles. The van der Waals surface area contributed by atoms with Crippen LogP contribution in [0.5, 0.6) is 0 Å². The minimum absolute atomic E-state index is 0.338. The van der Waals surface area contributed by atoms with Crippen LogP contribution in [-0.4, -0.2) is 19.2 Å². The van der Waals surface area contributed by atoms with Crippen molar-refractivity contribution >= 4 is 21.4 Å². The Bertz CT molecular complexity index is 498. The molecule has 1 aromatic heterocycles. The van der Waals surface area contributed by atoms with Crippen LogP contribution in [0.15, 0.2) is 17.2 Å². The van der Waals surface area contributed by atoms with E-state index in [1.165, 1.54) is 6.92 Å². The molecule has 0 bridgehead atoms. The van der Waals surface area contributed by atoms with Crippen molar-refractivity contribution in [1.29, 1.82) is 0 Å². The Kier molecular flexibility index (Phi) is 3.49. The summed E-state index contributed by atoms with van der Waals surface area (Å²) < 4.78 is 59.8. The van der Waals surface area contributed by atoms with Crippen molar-refractivity contribution in [2.24, 2.45) is 0 Å². The second-order valence-corrected chi connectivity index (χ2v) is 5.52. The van der Waals surface area contributed by atoms with Gasteiger partial charge in [-0.25, -0.2) is 13.4 Å². The highest BCUT2D eigenvalue weighted by atomic mass is 35.5. The van der Waals surface area contributed by atoms with Crippen molar-refractivity contribution in [3.63, 3.8) is 0 Å². The summed E-state index contributed by atoms with van der Waals surface area (Å²) >= 11 is 5.45. The van der Waals surface area contributed by atoms with Gasteiger partial charge in [0.2, 0.25) is 0 Å². The minimum atomic E-state index is -4.64. The Morgan fingerprint density at radius 1 is 1.44 bits per heavy atom. The molecule has 90 valence electrons. The zero-order chi connectivity index (χ0) is 12.6. The highest BCUT2D eigenvalue weighted by Crippen LogP contribution is 2.32. The summed E-state index contributed by atoms with van der Waals surface area (Å²) in [4.78, 5) is 2.63. The number of sulfone groups is 1. The van der Waals surface area contributed by atoms with E-state index < -0.39 is 31.6 Å². The summed E-state index contributed by atoms with van der Waals surface area (Å²) in [6, 6.07) is 0.494. The summed E-state index contributed by atoms with van der Waals surface area (Å²) in [6.07, 6.45) is -4.15. The van der Waals surface area contributed by atoms with Gasteiger partial charge < -0.3 is 0 Å². The average molecular weight is 274 g/mol. The molecule has 0 aromatic carbocycles. The molecule has 8 heteroatoms. The van der Waals surface area contributed by atoms with Crippen LogP contribution < -0.4 is 0 Å². The van der Waals surface area contributed by atoms with Gasteiger partial charge in [0, 0.05) is 6.20 Å². The highest BCUT2D eigenvalue weighted by Gasteiger charge is 2.33. The molecule has 0 atom stereocenters. The van der Waals surface area contributed by atoms with Crippen LogP contribution in [0, 0.1) is 0 Å². The number of nitrogens with zero attached hydrogens (tertiary/aromatic N) is 1. The van der Waals surface area contributed by atoms with E-state index in [4.69, 9.17) is 11.6 Å². The van der Waals surface area contributed by atoms with Crippen LogP contribution >= 0.6 is 11.6 Å². The molecule has 0 aliphatic heterocycles. The van der Waals surface area contributed by atoms with Crippen LogP contribution in [0.4, 0.5) is 13.2 Å². The number of alkyl halides is 3. The zero-order valence-electron chi connectivity index (χ0n) is 8.05. The Morgan fingerprint density at radius 3 is 2.44 bits per heavy atom. The molecule has 0 aliphatic rings. The maximum atomic E-state index is 12.3. The molecule has 0 saturated carbocycles. The first-order valence-electron chi connectivity index (χ1n) is 4.14. The number of halogens is 4. The van der Waals surface area contributed by atoms with Gasteiger partial charge in [-0.3, -0.25) is 0 Å². The molecule has 0 saturated heterocycles. The monoisotopic (exact) mass is 273 g/mol. The number of hydrogen-bond acceptors (Lipinski definition) is 3. The first kappa shape index (κ1) is 13.2. The average Bonchev–Trinajstić information content (AvgIpc) is 2.16. The molecule has 0 amide bonds. The van der Waals surface area contributed by atoms with Crippen LogP contribution in [0.3, 0.4) is 0 Å². The maximum Gasteiger partial charge on any atom is 0.417 e. The number of hydrogen-bond donors (Lipinski definition) is 0. The van der Waals surface area contributed by atoms with Crippen molar-refractivity contribution in [1.82, 2.24) is 4.98 Å². The van der Waals surface area contributed by atoms with Gasteiger partial charge in [-0.15, -0.1) is 0 Å². The second kappa shape index (κ2) is 4.21. The smallest absolute Gasteiger partial charge is 0.243 e. The molecule has 0 unspecified atom stereocenters. The number of rotatable bonds is 2. The quantitative estimate of drug-likeness (QED) is 0.778. The van der Waals surface area contributed by atoms with E-state index in [0.29, 0.717) is 12.3 Å². The van der Waals surface area contributed by atoms with E-state index >= 15 is 0 Å². The van der Waals surface area contributed by atoms with Crippen molar-refractivity contribution in [3.8, 4) is 0 Å². The van der Waals surface area contributed by atoms with E-state index in [0.717, 1.165) is 0 Å². The van der Waals surface area contributed by atoms with Gasteiger partial charge >= 0.3 is 6.18 Å². The van der Waals surface area contributed by atoms with Crippen molar-refractivity contribution in [2.45, 2.75) is 18.0 Å². The lowest BCUT2D eigenvalue weighted by molar-refractivity contribution is -0.138. The molecular formula is C8H7ClF3NO2S. The molecule has 16 heavy (non-hydrogen) atoms. The lowest BCUT2D eigenvalue weighted by atomic mass is 10.3. The van der Waals surface area contributed by atoms with Gasteiger partial charge in [-0.1, -0.05) is 18.5 Å². The molecule has 1 aromatic rings. The normalized spacial score (nSPS) is 12.8. The predicted molar refractivity (Wildman–Crippen MR) is 52.0 cm³/mol. The molecule has 0 fully saturated rings. The molecule has 0 N–H and O–H groups in total. The van der Waals surface area contributed by atoms with Gasteiger partial charge in [-0.2, -0.15) is 13.2 Å². The van der Waals surface area contributed by atoms with Gasteiger partial charge in [-0.05, 0) is 6.07 Å². The van der Waals surface area contributed by atoms with E-state index in [9.17, 15) is 21.6 Å². The van der Waals surface area contributed by atoms with Crippen LogP contribution in [-0.2, 0) is 16.0 Å². The third-order valence-corrected chi connectivity index (χ3v) is 4.00. The first-order chi connectivity index (χ1) is 7.18. The molecule has 0 aliphatic carbocycles. The summed E-state index contributed by atoms with van der Waals surface area (Å²) in [5.74, 6) is -0.338. The second-order valence-electron chi connectivity index (χ2n) is 2.91. The predicted octanol–water partition coefficient (Wildman–Crippen LogP) is 2.55. The molecule has 0 radical (unpaired) electrons. The van der Waals surface area contributed by atoms with Gasteiger partial charge in [0.1, 0.15) is 10.0 Å². The maximum absolute atomic E-state index is 12.3. The lowest BCUT2D eigenvalue weighted by Gasteiger charge is -2.09. The molecular weight excluding hydrogens is 267 g/mol. The van der Waals surface area contributed by atoms with Crippen molar-refractivity contribution in [2.75, 3.05) is 5.75 Å². The van der Waals surface area contributed by atoms with Crippen LogP contribution in [0.1, 0.15) is 12.5 Å². The Labute approximate surface area is 95.2 Å². The Morgan fingerprint density at radius 2 is 2.00 bits per heavy atom. The summed E-state index contributed by atoms with van der Waals surface area (Å²) in [7, 11) is -3.81. The number of pyridine rings is 1. The minimum Gasteiger partial charge on any atom is -0.243 e. The standard InChI is InChI=1S/C8H7ClF3NO2S/c1-2-16(14,15)6-3-5(8(10,11)12)4-13-7(6)9/h3-4H,2H2,1H3. The van der Waals surface area contributed by atoms with E-state index in [2.05, 4.69) is 4.98 Å². The largest absolute Gasteiger partial charge is 0.417 e. The van der Waals surface area contributed by atoms with Crippen LogP contribution in [0.2, 0.25) is 5.15 Å². The fourth-order valence-corrected chi connectivity index (χ4v) is 2.34. The zero-order valence-corrected chi connectivity index (χ0v) is 9.62. The van der Waals surface area contributed by atoms with E-state index in [1.807, 2.05) is 0 Å². The van der Waals surface area contributed by atoms with E-state index in [1.54, 1.807) is 0 Å². The van der Waals surface area contributed by atoms with Crippen molar-refractivity contribution < 1.29 is 21.6 Å². The SMILES string of the molecule is CCS(=O)(=O)c1cc(C(F)(F)F)cnc1Cl. The topological polar surface area (TPSA) is 47.0 Å². The Balaban J connectivity index is 3.42. The fourth-order valence-electron chi connectivity index (χ4n) is 0.957. The highest BCUT2D eigenvalue weighted by molar-refractivity contribution is 7.91. The molecule has 3 nitrogen and oxygen atoms in total. The summed E-state index contributed by atoms with van der Waals surface area (Å²) in [5.41, 5.74) is -1.14. The summed E-state index contributed by atoms with van der Waals surface area (Å²) in [6.45, 7) is 1.31. The summed E-state index contributed by atoms with van der Waals surface area (Å²) in [5, 5.41) is -0.449. The third-order valence-electron chi connectivity index (χ3n) is 1.85. The molecule has 1 rings (SSSR count). The number of aromatic nitrogens is 1. The fraction of sp³-hybridized carbons (Fsp3) is 0.375. The van der Waals surface area contributed by atoms with Gasteiger partial charge in [0.25, 0.3) is 0 Å².